The Hall–Kier alpha value is -3.37. The second-order valence-electron chi connectivity index (χ2n) is 7.47. The van der Waals surface area contributed by atoms with Crippen molar-refractivity contribution in [2.75, 3.05) is 10.2 Å². The number of anilines is 2. The van der Waals surface area contributed by atoms with Crippen molar-refractivity contribution >= 4 is 40.4 Å². The molecule has 4 rings (SSSR count). The number of carbonyl (C=O) groups is 2. The standard InChI is InChI=1S/C25H21ClN2O2/c1-15-7-11-20(12-8-15)27-23-22(18-10-9-16(2)17(3)13-18)24(29)28(25(23)30)21-6-4-5-19(26)14-21/h4-14,27H,1-3H3. The van der Waals surface area contributed by atoms with Gasteiger partial charge in [-0.3, -0.25) is 9.59 Å². The fourth-order valence-electron chi connectivity index (χ4n) is 3.44. The number of nitrogens with one attached hydrogen (secondary N) is 1. The molecule has 3 aromatic rings. The van der Waals surface area contributed by atoms with Crippen LogP contribution in [0.15, 0.2) is 72.4 Å². The lowest BCUT2D eigenvalue weighted by Gasteiger charge is -2.15. The van der Waals surface area contributed by atoms with E-state index in [4.69, 9.17) is 11.6 Å². The topological polar surface area (TPSA) is 49.4 Å². The summed E-state index contributed by atoms with van der Waals surface area (Å²) in [6.45, 7) is 6.00. The van der Waals surface area contributed by atoms with Gasteiger partial charge in [0.2, 0.25) is 0 Å². The molecule has 0 atom stereocenters. The lowest BCUT2D eigenvalue weighted by molar-refractivity contribution is -0.120. The fraction of sp³-hybridized carbons (Fsp3) is 0.120. The van der Waals surface area contributed by atoms with Crippen LogP contribution >= 0.6 is 11.6 Å². The number of rotatable bonds is 4. The maximum absolute atomic E-state index is 13.4. The summed E-state index contributed by atoms with van der Waals surface area (Å²) in [7, 11) is 0. The molecule has 0 spiro atoms. The normalized spacial score (nSPS) is 13.9. The summed E-state index contributed by atoms with van der Waals surface area (Å²) in [5.41, 5.74) is 5.78. The number of imide groups is 1. The van der Waals surface area contributed by atoms with Gasteiger partial charge in [0.05, 0.1) is 11.3 Å². The van der Waals surface area contributed by atoms with Crippen LogP contribution in [-0.4, -0.2) is 11.8 Å². The van der Waals surface area contributed by atoms with Gasteiger partial charge in [-0.05, 0) is 67.8 Å². The molecule has 0 saturated heterocycles. The molecule has 150 valence electrons. The number of hydrogen-bond acceptors (Lipinski definition) is 3. The van der Waals surface area contributed by atoms with E-state index in [1.165, 1.54) is 4.90 Å². The first-order valence-electron chi connectivity index (χ1n) is 9.65. The second kappa shape index (κ2) is 7.81. The van der Waals surface area contributed by atoms with Crippen molar-refractivity contribution in [3.05, 3.63) is 99.7 Å². The Kier molecular flexibility index (Phi) is 5.18. The minimum atomic E-state index is -0.406. The molecular formula is C25H21ClN2O2. The van der Waals surface area contributed by atoms with Crippen LogP contribution in [0.2, 0.25) is 5.02 Å². The molecule has 5 heteroatoms. The highest BCUT2D eigenvalue weighted by atomic mass is 35.5. The number of hydrogen-bond donors (Lipinski definition) is 1. The SMILES string of the molecule is Cc1ccc(NC2=C(c3ccc(C)c(C)c3)C(=O)N(c3cccc(Cl)c3)C2=O)cc1. The van der Waals surface area contributed by atoms with E-state index in [9.17, 15) is 9.59 Å². The predicted octanol–water partition coefficient (Wildman–Crippen LogP) is 5.66. The minimum absolute atomic E-state index is 0.257. The molecule has 1 aliphatic heterocycles. The first-order valence-corrected chi connectivity index (χ1v) is 10.0. The van der Waals surface area contributed by atoms with Crippen LogP contribution in [0, 0.1) is 20.8 Å². The van der Waals surface area contributed by atoms with Gasteiger partial charge < -0.3 is 5.32 Å². The number of amides is 2. The van der Waals surface area contributed by atoms with E-state index in [0.29, 0.717) is 21.8 Å². The van der Waals surface area contributed by atoms with Crippen LogP contribution in [0.25, 0.3) is 5.57 Å². The van der Waals surface area contributed by atoms with Gasteiger partial charge in [-0.1, -0.05) is 53.6 Å². The predicted molar refractivity (Wildman–Crippen MR) is 122 cm³/mol. The first kappa shape index (κ1) is 19.9. The van der Waals surface area contributed by atoms with E-state index in [-0.39, 0.29) is 11.6 Å². The largest absolute Gasteiger partial charge is 0.350 e. The minimum Gasteiger partial charge on any atom is -0.350 e. The summed E-state index contributed by atoms with van der Waals surface area (Å²) >= 11 is 6.11. The third-order valence-corrected chi connectivity index (χ3v) is 5.50. The van der Waals surface area contributed by atoms with E-state index in [2.05, 4.69) is 5.32 Å². The maximum atomic E-state index is 13.4. The van der Waals surface area contributed by atoms with Crippen LogP contribution in [0.1, 0.15) is 22.3 Å². The molecule has 0 saturated carbocycles. The van der Waals surface area contributed by atoms with Crippen molar-refractivity contribution in [3.8, 4) is 0 Å². The molecule has 0 fully saturated rings. The lowest BCUT2D eigenvalue weighted by Crippen LogP contribution is -2.32. The zero-order valence-corrected chi connectivity index (χ0v) is 17.7. The van der Waals surface area contributed by atoms with Gasteiger partial charge in [0.15, 0.2) is 0 Å². The van der Waals surface area contributed by atoms with Gasteiger partial charge >= 0.3 is 0 Å². The third kappa shape index (κ3) is 3.62. The van der Waals surface area contributed by atoms with Gasteiger partial charge in [-0.15, -0.1) is 0 Å². The monoisotopic (exact) mass is 416 g/mol. The molecular weight excluding hydrogens is 396 g/mol. The van der Waals surface area contributed by atoms with E-state index < -0.39 is 5.91 Å². The average molecular weight is 417 g/mol. The molecule has 30 heavy (non-hydrogen) atoms. The van der Waals surface area contributed by atoms with Crippen molar-refractivity contribution in [2.24, 2.45) is 0 Å². The molecule has 0 aliphatic carbocycles. The summed E-state index contributed by atoms with van der Waals surface area (Å²) < 4.78 is 0. The van der Waals surface area contributed by atoms with Crippen LogP contribution < -0.4 is 10.2 Å². The average Bonchev–Trinajstić information content (AvgIpc) is 2.95. The Morgan fingerprint density at radius 3 is 2.20 bits per heavy atom. The summed E-state index contributed by atoms with van der Waals surface area (Å²) in [4.78, 5) is 28.0. The van der Waals surface area contributed by atoms with Crippen LogP contribution in [0.5, 0.6) is 0 Å². The molecule has 1 N–H and O–H groups in total. The van der Waals surface area contributed by atoms with Gasteiger partial charge in [0.1, 0.15) is 5.70 Å². The summed E-state index contributed by atoms with van der Waals surface area (Å²) in [6.07, 6.45) is 0. The van der Waals surface area contributed by atoms with Gasteiger partial charge in [0.25, 0.3) is 11.8 Å². The smallest absolute Gasteiger partial charge is 0.282 e. The molecule has 1 heterocycles. The number of carbonyl (C=O) groups excluding carboxylic acids is 2. The van der Waals surface area contributed by atoms with Crippen molar-refractivity contribution < 1.29 is 9.59 Å². The highest BCUT2D eigenvalue weighted by molar-refractivity contribution is 6.46. The molecule has 4 nitrogen and oxygen atoms in total. The fourth-order valence-corrected chi connectivity index (χ4v) is 3.63. The van der Waals surface area contributed by atoms with Crippen molar-refractivity contribution in [1.29, 1.82) is 0 Å². The van der Waals surface area contributed by atoms with E-state index in [1.807, 2.05) is 63.2 Å². The molecule has 0 radical (unpaired) electrons. The highest BCUT2D eigenvalue weighted by Crippen LogP contribution is 2.35. The Morgan fingerprint density at radius 2 is 1.53 bits per heavy atom. The molecule has 3 aromatic carbocycles. The Balaban J connectivity index is 1.84. The van der Waals surface area contributed by atoms with E-state index in [0.717, 1.165) is 22.4 Å². The van der Waals surface area contributed by atoms with Crippen LogP contribution in [0.3, 0.4) is 0 Å². The van der Waals surface area contributed by atoms with Crippen molar-refractivity contribution in [2.45, 2.75) is 20.8 Å². The Bertz CT molecular complexity index is 1200. The second-order valence-corrected chi connectivity index (χ2v) is 7.90. The molecule has 2 amide bonds. The zero-order chi connectivity index (χ0) is 21.4. The van der Waals surface area contributed by atoms with Gasteiger partial charge in [0, 0.05) is 10.7 Å². The number of benzene rings is 3. The molecule has 1 aliphatic rings. The van der Waals surface area contributed by atoms with Crippen molar-refractivity contribution in [1.82, 2.24) is 0 Å². The molecule has 0 bridgehead atoms. The summed E-state index contributed by atoms with van der Waals surface area (Å²) in [5.74, 6) is -0.781. The Morgan fingerprint density at radius 1 is 0.800 bits per heavy atom. The van der Waals surface area contributed by atoms with E-state index >= 15 is 0 Å². The first-order chi connectivity index (χ1) is 14.3. The summed E-state index contributed by atoms with van der Waals surface area (Å²) in [5, 5.41) is 3.64. The third-order valence-electron chi connectivity index (χ3n) is 5.27. The Labute approximate surface area is 180 Å². The number of nitrogens with zero attached hydrogens (tertiary/aromatic N) is 1. The van der Waals surface area contributed by atoms with Gasteiger partial charge in [-0.2, -0.15) is 0 Å². The molecule has 0 aromatic heterocycles. The van der Waals surface area contributed by atoms with Gasteiger partial charge in [-0.25, -0.2) is 4.90 Å². The van der Waals surface area contributed by atoms with Crippen LogP contribution in [-0.2, 0) is 9.59 Å². The lowest BCUT2D eigenvalue weighted by atomic mass is 9.99. The summed E-state index contributed by atoms with van der Waals surface area (Å²) in [6, 6.07) is 20.2. The maximum Gasteiger partial charge on any atom is 0.282 e. The van der Waals surface area contributed by atoms with E-state index in [1.54, 1.807) is 24.3 Å². The quantitative estimate of drug-likeness (QED) is 0.558. The zero-order valence-electron chi connectivity index (χ0n) is 17.0. The molecule has 0 unspecified atom stereocenters. The van der Waals surface area contributed by atoms with Crippen molar-refractivity contribution in [3.63, 3.8) is 0 Å². The van der Waals surface area contributed by atoms with Crippen LogP contribution in [0.4, 0.5) is 11.4 Å². The number of halogens is 1. The number of aryl methyl sites for hydroxylation is 3. The highest BCUT2D eigenvalue weighted by Gasteiger charge is 2.40.